The van der Waals surface area contributed by atoms with Crippen molar-refractivity contribution in [2.24, 2.45) is 0 Å². The van der Waals surface area contributed by atoms with Crippen molar-refractivity contribution in [2.45, 2.75) is 0 Å². The Morgan fingerprint density at radius 1 is 0.900 bits per heavy atom. The summed E-state index contributed by atoms with van der Waals surface area (Å²) in [5.41, 5.74) is 1.37. The van der Waals surface area contributed by atoms with Gasteiger partial charge in [0, 0.05) is 5.56 Å². The summed E-state index contributed by atoms with van der Waals surface area (Å²) in [6, 6.07) is 1.45. The molecule has 0 aliphatic rings. The van der Waals surface area contributed by atoms with Gasteiger partial charge in [-0.25, -0.2) is 0 Å². The van der Waals surface area contributed by atoms with E-state index in [-0.39, 0.29) is 44.2 Å². The van der Waals surface area contributed by atoms with Gasteiger partial charge in [-0.1, -0.05) is 22.5 Å². The van der Waals surface area contributed by atoms with E-state index in [2.05, 4.69) is 14.2 Å². The summed E-state index contributed by atoms with van der Waals surface area (Å²) in [6.45, 7) is 0. The van der Waals surface area contributed by atoms with Gasteiger partial charge in [0.1, 0.15) is 52.8 Å². The van der Waals surface area contributed by atoms with Crippen LogP contribution in [-0.2, 0) is 0 Å². The predicted octanol–water partition coefficient (Wildman–Crippen LogP) is -5.28. The minimum Gasteiger partial charge on any atom is -0.508 e. The van der Waals surface area contributed by atoms with Gasteiger partial charge in [-0.3, -0.25) is 4.98 Å². The highest BCUT2D eigenvalue weighted by Gasteiger charge is 2.16. The van der Waals surface area contributed by atoms with E-state index in [1.807, 2.05) is 0 Å². The van der Waals surface area contributed by atoms with E-state index < -0.39 is 0 Å². The summed E-state index contributed by atoms with van der Waals surface area (Å²) in [4.78, 5) is 4.12. The van der Waals surface area contributed by atoms with Crippen molar-refractivity contribution in [3.63, 3.8) is 0 Å². The summed E-state index contributed by atoms with van der Waals surface area (Å²) in [5, 5.41) is 10.6. The van der Waals surface area contributed by atoms with Crippen molar-refractivity contribution in [1.82, 2.24) is 4.98 Å². The molecule has 0 bridgehead atoms. The highest BCUT2D eigenvalue weighted by atomic mass is 31.0. The van der Waals surface area contributed by atoms with E-state index in [9.17, 15) is 5.11 Å². The zero-order valence-electron chi connectivity index (χ0n) is 10.5. The Morgan fingerprint density at radius 3 is 2.10 bits per heavy atom. The zero-order valence-corrected chi connectivity index (χ0v) is 11.7. The highest BCUT2D eigenvalue weighted by Crippen LogP contribution is 2.22. The molecular formula is C11H4B6NOP. The van der Waals surface area contributed by atoms with Crippen molar-refractivity contribution in [2.75, 3.05) is 0 Å². The first-order valence-electron chi connectivity index (χ1n) is 5.52. The van der Waals surface area contributed by atoms with Crippen LogP contribution in [0.3, 0.4) is 0 Å². The lowest BCUT2D eigenvalue weighted by Crippen LogP contribution is -2.48. The number of hydrogen-bond donors (Lipinski definition) is 1. The fraction of sp³-hybridized carbons (Fsp3) is 0. The molecule has 0 saturated heterocycles. The van der Waals surface area contributed by atoms with Crippen LogP contribution in [-0.4, -0.2) is 57.2 Å². The number of pyridine rings is 1. The lowest BCUT2D eigenvalue weighted by Gasteiger charge is -2.18. The Hall–Kier alpha value is -1.01. The third-order valence-corrected chi connectivity index (χ3v) is 3.59. The first kappa shape index (κ1) is 15.4. The number of benzene rings is 1. The predicted molar refractivity (Wildman–Crippen MR) is 93.0 cm³/mol. The van der Waals surface area contributed by atoms with Gasteiger partial charge in [0.15, 0.2) is 0 Å². The fourth-order valence-corrected chi connectivity index (χ4v) is 2.14. The van der Waals surface area contributed by atoms with Crippen LogP contribution in [0, 0.1) is 0 Å². The van der Waals surface area contributed by atoms with E-state index in [4.69, 9.17) is 47.1 Å². The number of nitrogens with zero attached hydrogens (tertiary/aromatic N) is 1. The molecule has 0 spiro atoms. The average Bonchev–Trinajstić information content (AvgIpc) is 2.42. The van der Waals surface area contributed by atoms with Gasteiger partial charge in [-0.15, -0.1) is 20.2 Å². The minimum atomic E-state index is -0.239. The molecule has 12 radical (unpaired) electrons. The molecule has 2 aromatic rings. The van der Waals surface area contributed by atoms with Gasteiger partial charge in [-0.05, 0) is 10.9 Å². The number of rotatable bonds is 1. The molecule has 0 aliphatic heterocycles. The summed E-state index contributed by atoms with van der Waals surface area (Å²) in [7, 11) is 36.7. The summed E-state index contributed by atoms with van der Waals surface area (Å²) in [6.07, 6.45) is 0. The Morgan fingerprint density at radius 2 is 1.50 bits per heavy atom. The monoisotopic (exact) mass is 263 g/mol. The van der Waals surface area contributed by atoms with Crippen LogP contribution >= 0.6 is 9.24 Å². The SMILES string of the molecule is [B]c1cc(-c2nc([B])c([B])c([B])c2P)c(O)c([B])c1[B]. The molecule has 2 rings (SSSR count). The topological polar surface area (TPSA) is 33.1 Å². The minimum absolute atomic E-state index is 0.0276. The molecule has 1 unspecified atom stereocenters. The average molecular weight is 262 g/mol. The van der Waals surface area contributed by atoms with Crippen molar-refractivity contribution in [1.29, 1.82) is 0 Å². The molecule has 1 aromatic heterocycles. The normalized spacial score (nSPS) is 10.7. The van der Waals surface area contributed by atoms with Crippen LogP contribution in [0.2, 0.25) is 0 Å². The first-order valence-corrected chi connectivity index (χ1v) is 6.10. The molecule has 1 aromatic carbocycles. The van der Waals surface area contributed by atoms with Crippen LogP contribution in [0.5, 0.6) is 5.75 Å². The van der Waals surface area contributed by atoms with Crippen molar-refractivity contribution in [3.8, 4) is 17.0 Å². The number of hydrogen-bond acceptors (Lipinski definition) is 2. The van der Waals surface area contributed by atoms with Gasteiger partial charge >= 0.3 is 0 Å². The summed E-state index contributed by atoms with van der Waals surface area (Å²) < 4.78 is 0. The van der Waals surface area contributed by atoms with E-state index in [0.717, 1.165) is 0 Å². The Balaban J connectivity index is 2.83. The highest BCUT2D eigenvalue weighted by molar-refractivity contribution is 7.29. The molecule has 82 valence electrons. The quantitative estimate of drug-likeness (QED) is 0.411. The molecule has 0 aliphatic carbocycles. The van der Waals surface area contributed by atoms with E-state index >= 15 is 0 Å². The van der Waals surface area contributed by atoms with Crippen LogP contribution in [0.1, 0.15) is 0 Å². The van der Waals surface area contributed by atoms with Crippen LogP contribution < -0.4 is 38.2 Å². The summed E-state index contributed by atoms with van der Waals surface area (Å²) in [5.74, 6) is -0.239. The molecule has 9 heteroatoms. The van der Waals surface area contributed by atoms with Crippen molar-refractivity contribution in [3.05, 3.63) is 6.07 Å². The van der Waals surface area contributed by atoms with Gasteiger partial charge in [0.2, 0.25) is 0 Å². The largest absolute Gasteiger partial charge is 0.508 e. The standard InChI is InChI=1S/C11H4B6NOP/c12-3-1-2(9(19)5(14)4(3)13)8-10(20)6(15)7(16)11(17)18-8/h1,19H,20H2. The Bertz CT molecular complexity index is 660. The van der Waals surface area contributed by atoms with Gasteiger partial charge in [0.25, 0.3) is 0 Å². The van der Waals surface area contributed by atoms with E-state index in [1.54, 1.807) is 0 Å². The number of aromatic hydroxyl groups is 1. The molecule has 1 heterocycles. The van der Waals surface area contributed by atoms with E-state index in [0.29, 0.717) is 11.0 Å². The van der Waals surface area contributed by atoms with E-state index in [1.165, 1.54) is 6.07 Å². The molecule has 1 atom stereocenters. The maximum Gasteiger partial charge on any atom is 0.140 e. The molecule has 0 fully saturated rings. The number of phenolic OH excluding ortho intramolecular Hbond substituents is 1. The Labute approximate surface area is 128 Å². The van der Waals surface area contributed by atoms with Crippen LogP contribution in [0.4, 0.5) is 0 Å². The van der Waals surface area contributed by atoms with Gasteiger partial charge < -0.3 is 5.11 Å². The maximum atomic E-state index is 10.1. The molecule has 1 N–H and O–H groups in total. The van der Waals surface area contributed by atoms with Gasteiger partial charge in [-0.2, -0.15) is 0 Å². The molecule has 0 amide bonds. The number of phenols is 1. The van der Waals surface area contributed by atoms with Crippen molar-refractivity contribution >= 4 is 94.5 Å². The third kappa shape index (κ3) is 2.35. The molecule has 2 nitrogen and oxygen atoms in total. The maximum absolute atomic E-state index is 10.1. The smallest absolute Gasteiger partial charge is 0.140 e. The summed E-state index contributed by atoms with van der Waals surface area (Å²) >= 11 is 0. The van der Waals surface area contributed by atoms with Crippen molar-refractivity contribution < 1.29 is 5.11 Å². The third-order valence-electron chi connectivity index (χ3n) is 3.01. The lowest BCUT2D eigenvalue weighted by atomic mass is 9.70. The lowest BCUT2D eigenvalue weighted by molar-refractivity contribution is 0.482. The number of aromatic nitrogens is 1. The second-order valence-electron chi connectivity index (χ2n) is 4.28. The Kier molecular flexibility index (Phi) is 4.16. The zero-order chi connectivity index (χ0) is 15.2. The fourth-order valence-electron chi connectivity index (χ4n) is 1.77. The van der Waals surface area contributed by atoms with Gasteiger partial charge in [0.05, 0.1) is 5.69 Å². The van der Waals surface area contributed by atoms with Crippen LogP contribution in [0.25, 0.3) is 11.3 Å². The molecule has 0 saturated carbocycles. The molecule has 20 heavy (non-hydrogen) atoms. The molecular weight excluding hydrogens is 258 g/mol. The first-order chi connectivity index (χ1) is 9.25. The second-order valence-corrected chi connectivity index (χ2v) is 4.85. The second kappa shape index (κ2) is 5.41. The van der Waals surface area contributed by atoms with Crippen LogP contribution in [0.15, 0.2) is 6.07 Å².